The van der Waals surface area contributed by atoms with Gasteiger partial charge >= 0.3 is 5.63 Å². The van der Waals surface area contributed by atoms with Crippen LogP contribution in [0.25, 0.3) is 0 Å². The first-order valence-electron chi connectivity index (χ1n) is 7.19. The number of sulfonamides is 1. The van der Waals surface area contributed by atoms with Crippen molar-refractivity contribution in [3.05, 3.63) is 45.3 Å². The van der Waals surface area contributed by atoms with Crippen molar-refractivity contribution in [1.29, 1.82) is 0 Å². The summed E-state index contributed by atoms with van der Waals surface area (Å²) in [7, 11) is -3.47. The molecule has 0 saturated carbocycles. The predicted molar refractivity (Wildman–Crippen MR) is 86.6 cm³/mol. The van der Waals surface area contributed by atoms with Gasteiger partial charge in [-0.2, -0.15) is 4.31 Å². The molecule has 0 bridgehead atoms. The van der Waals surface area contributed by atoms with Crippen LogP contribution in [-0.4, -0.2) is 31.9 Å². The average molecular weight is 355 g/mol. The van der Waals surface area contributed by atoms with Gasteiger partial charge in [0.05, 0.1) is 12.6 Å². The van der Waals surface area contributed by atoms with Gasteiger partial charge in [-0.05, 0) is 32.4 Å². The van der Waals surface area contributed by atoms with E-state index in [2.05, 4.69) is 0 Å². The molecule has 2 aromatic rings. The Bertz CT molecular complexity index is 868. The van der Waals surface area contributed by atoms with Gasteiger partial charge in [-0.3, -0.25) is 0 Å². The Labute approximate surface area is 138 Å². The first kappa shape index (κ1) is 16.2. The largest absolute Gasteiger partial charge is 0.489 e. The molecule has 6 nitrogen and oxygen atoms in total. The Kier molecular flexibility index (Phi) is 4.31. The van der Waals surface area contributed by atoms with E-state index in [1.165, 1.54) is 21.7 Å². The van der Waals surface area contributed by atoms with Gasteiger partial charge in [0.1, 0.15) is 21.8 Å². The highest BCUT2D eigenvalue weighted by Gasteiger charge is 2.34. The van der Waals surface area contributed by atoms with Crippen LogP contribution in [0.15, 0.2) is 37.7 Å². The monoisotopic (exact) mass is 355 g/mol. The van der Waals surface area contributed by atoms with Crippen molar-refractivity contribution in [2.75, 3.05) is 13.1 Å². The summed E-state index contributed by atoms with van der Waals surface area (Å²) in [6.45, 7) is 4.23. The van der Waals surface area contributed by atoms with Gasteiger partial charge in [0.2, 0.25) is 0 Å². The topological polar surface area (TPSA) is 76.8 Å². The normalized spacial score (nSPS) is 19.1. The zero-order valence-corrected chi connectivity index (χ0v) is 14.4. The van der Waals surface area contributed by atoms with Crippen molar-refractivity contribution < 1.29 is 17.6 Å². The second kappa shape index (κ2) is 6.10. The van der Waals surface area contributed by atoms with Crippen LogP contribution >= 0.6 is 11.3 Å². The maximum Gasteiger partial charge on any atom is 0.339 e. The molecule has 23 heavy (non-hydrogen) atoms. The van der Waals surface area contributed by atoms with Gasteiger partial charge < -0.3 is 9.15 Å². The summed E-state index contributed by atoms with van der Waals surface area (Å²) in [4.78, 5) is 12.3. The van der Waals surface area contributed by atoms with Crippen LogP contribution in [0, 0.1) is 13.8 Å². The number of aryl methyl sites for hydroxylation is 2. The van der Waals surface area contributed by atoms with Crippen molar-refractivity contribution in [3.8, 4) is 5.75 Å². The molecule has 1 aliphatic heterocycles. The van der Waals surface area contributed by atoms with Crippen LogP contribution in [0.1, 0.15) is 17.1 Å². The lowest BCUT2D eigenvalue weighted by atomic mass is 10.3. The molecule has 0 N–H and O–H groups in total. The van der Waals surface area contributed by atoms with E-state index in [-0.39, 0.29) is 12.6 Å². The molecule has 1 unspecified atom stereocenters. The van der Waals surface area contributed by atoms with E-state index in [0.717, 1.165) is 4.88 Å². The number of hydrogen-bond donors (Lipinski definition) is 0. The molecule has 3 heterocycles. The van der Waals surface area contributed by atoms with Crippen LogP contribution in [0.2, 0.25) is 0 Å². The quantitative estimate of drug-likeness (QED) is 0.840. The fraction of sp³-hybridized carbons (Fsp3) is 0.400. The van der Waals surface area contributed by atoms with Gasteiger partial charge in [0, 0.05) is 17.5 Å². The van der Waals surface area contributed by atoms with Crippen molar-refractivity contribution in [1.82, 2.24) is 4.31 Å². The SMILES string of the molecule is Cc1cc(OC2CCN(S(=O)(=O)c3ccc(C)s3)C2)cc(=O)o1. The molecule has 124 valence electrons. The number of thiophene rings is 1. The number of nitrogens with zero attached hydrogens (tertiary/aromatic N) is 1. The van der Waals surface area contributed by atoms with E-state index in [4.69, 9.17) is 9.15 Å². The summed E-state index contributed by atoms with van der Waals surface area (Å²) >= 11 is 1.27. The standard InChI is InChI=1S/C15H17NO5S2/c1-10-7-13(8-14(17)20-10)21-12-5-6-16(9-12)23(18,19)15-4-3-11(2)22-15/h3-4,7-8,12H,5-6,9H2,1-2H3. The summed E-state index contributed by atoms with van der Waals surface area (Å²) in [6, 6.07) is 6.33. The highest BCUT2D eigenvalue weighted by Crippen LogP contribution is 2.28. The van der Waals surface area contributed by atoms with E-state index < -0.39 is 15.6 Å². The summed E-state index contributed by atoms with van der Waals surface area (Å²) in [5.41, 5.74) is -0.475. The summed E-state index contributed by atoms with van der Waals surface area (Å²) in [5, 5.41) is 0. The van der Waals surface area contributed by atoms with Gasteiger partial charge in [-0.1, -0.05) is 0 Å². The average Bonchev–Trinajstić information content (AvgIpc) is 3.07. The maximum absolute atomic E-state index is 12.6. The van der Waals surface area contributed by atoms with E-state index >= 15 is 0 Å². The molecule has 1 fully saturated rings. The highest BCUT2D eigenvalue weighted by molar-refractivity contribution is 7.91. The Balaban J connectivity index is 1.72. The lowest BCUT2D eigenvalue weighted by molar-refractivity contribution is 0.213. The lowest BCUT2D eigenvalue weighted by Crippen LogP contribution is -2.30. The summed E-state index contributed by atoms with van der Waals surface area (Å²) in [5.74, 6) is 0.874. The van der Waals surface area contributed by atoms with E-state index in [1.807, 2.05) is 6.92 Å². The predicted octanol–water partition coefficient (Wildman–Crippen LogP) is 2.16. The molecule has 1 saturated heterocycles. The van der Waals surface area contributed by atoms with Gasteiger partial charge in [-0.15, -0.1) is 11.3 Å². The molecule has 1 atom stereocenters. The van der Waals surface area contributed by atoms with E-state index in [1.54, 1.807) is 25.1 Å². The number of ether oxygens (including phenoxy) is 1. The fourth-order valence-electron chi connectivity index (χ4n) is 2.53. The highest BCUT2D eigenvalue weighted by atomic mass is 32.2. The van der Waals surface area contributed by atoms with Crippen LogP contribution in [0.3, 0.4) is 0 Å². The van der Waals surface area contributed by atoms with Gasteiger partial charge in [0.25, 0.3) is 10.0 Å². The first-order valence-corrected chi connectivity index (χ1v) is 9.45. The Morgan fingerprint density at radius 1 is 1.30 bits per heavy atom. The number of rotatable bonds is 4. The third kappa shape index (κ3) is 3.49. The van der Waals surface area contributed by atoms with Gasteiger partial charge in [0.15, 0.2) is 0 Å². The molecule has 0 aromatic carbocycles. The van der Waals surface area contributed by atoms with Crippen molar-refractivity contribution >= 4 is 21.4 Å². The van der Waals surface area contributed by atoms with Crippen LogP contribution in [0.5, 0.6) is 5.75 Å². The van der Waals surface area contributed by atoms with Crippen molar-refractivity contribution in [2.24, 2.45) is 0 Å². The summed E-state index contributed by atoms with van der Waals surface area (Å²) < 4.78 is 37.5. The first-order chi connectivity index (χ1) is 10.8. The molecular weight excluding hydrogens is 338 g/mol. The minimum absolute atomic E-state index is 0.271. The summed E-state index contributed by atoms with van der Waals surface area (Å²) in [6.07, 6.45) is 0.315. The number of hydrogen-bond acceptors (Lipinski definition) is 6. The lowest BCUT2D eigenvalue weighted by Gasteiger charge is -2.16. The molecule has 0 spiro atoms. The maximum atomic E-state index is 12.6. The third-order valence-electron chi connectivity index (χ3n) is 3.59. The zero-order chi connectivity index (χ0) is 16.6. The van der Waals surface area contributed by atoms with E-state index in [0.29, 0.717) is 28.7 Å². The molecule has 1 aliphatic rings. The molecule has 0 amide bonds. The van der Waals surface area contributed by atoms with Crippen LogP contribution in [-0.2, 0) is 10.0 Å². The second-order valence-corrected chi connectivity index (χ2v) is 8.93. The smallest absolute Gasteiger partial charge is 0.339 e. The molecule has 0 aliphatic carbocycles. The Morgan fingerprint density at radius 2 is 2.09 bits per heavy atom. The molecule has 0 radical (unpaired) electrons. The minimum atomic E-state index is -3.47. The second-order valence-electron chi connectivity index (χ2n) is 5.48. The van der Waals surface area contributed by atoms with Crippen molar-refractivity contribution in [2.45, 2.75) is 30.6 Å². The van der Waals surface area contributed by atoms with Gasteiger partial charge in [-0.25, -0.2) is 13.2 Å². The Morgan fingerprint density at radius 3 is 2.74 bits per heavy atom. The third-order valence-corrected chi connectivity index (χ3v) is 6.92. The molecule has 8 heteroatoms. The van der Waals surface area contributed by atoms with Crippen LogP contribution < -0.4 is 10.4 Å². The molecular formula is C15H17NO5S2. The fourth-order valence-corrected chi connectivity index (χ4v) is 5.45. The molecule has 3 rings (SSSR count). The Hall–Kier alpha value is -1.64. The molecule has 2 aromatic heterocycles. The van der Waals surface area contributed by atoms with Crippen molar-refractivity contribution in [3.63, 3.8) is 0 Å². The van der Waals surface area contributed by atoms with Crippen LogP contribution in [0.4, 0.5) is 0 Å². The minimum Gasteiger partial charge on any atom is -0.489 e. The zero-order valence-electron chi connectivity index (χ0n) is 12.8. The van der Waals surface area contributed by atoms with E-state index in [9.17, 15) is 13.2 Å².